The zero-order valence-electron chi connectivity index (χ0n) is 11.7. The fourth-order valence-electron chi connectivity index (χ4n) is 2.67. The third-order valence-corrected chi connectivity index (χ3v) is 4.31. The molecule has 1 aromatic carbocycles. The number of anilines is 1. The summed E-state index contributed by atoms with van der Waals surface area (Å²) in [5, 5.41) is 3.44. The summed E-state index contributed by atoms with van der Waals surface area (Å²) in [6.07, 6.45) is 6.55. The molecular weight excluding hydrogens is 239 g/mol. The summed E-state index contributed by atoms with van der Waals surface area (Å²) in [7, 11) is 2.07. The molecule has 0 aromatic heterocycles. The summed E-state index contributed by atoms with van der Waals surface area (Å²) in [5.74, 6) is 0.687. The van der Waals surface area contributed by atoms with Crippen LogP contribution in [0.3, 0.4) is 0 Å². The van der Waals surface area contributed by atoms with Crippen molar-refractivity contribution in [3.8, 4) is 0 Å². The molecule has 3 heteroatoms. The molecule has 0 atom stereocenters. The van der Waals surface area contributed by atoms with E-state index >= 15 is 0 Å². The van der Waals surface area contributed by atoms with E-state index in [4.69, 9.17) is 0 Å². The van der Waals surface area contributed by atoms with Crippen molar-refractivity contribution in [2.75, 3.05) is 18.5 Å². The Balaban J connectivity index is 1.64. The predicted molar refractivity (Wildman–Crippen MR) is 76.9 cm³/mol. The van der Waals surface area contributed by atoms with Crippen LogP contribution in [0, 0.1) is 11.7 Å². The van der Waals surface area contributed by atoms with E-state index in [0.29, 0.717) is 6.04 Å². The highest BCUT2D eigenvalue weighted by Gasteiger charge is 2.21. The van der Waals surface area contributed by atoms with Gasteiger partial charge in [0.2, 0.25) is 0 Å². The van der Waals surface area contributed by atoms with Crippen molar-refractivity contribution in [2.45, 2.75) is 44.7 Å². The number of hydrogen-bond donors (Lipinski definition) is 1. The summed E-state index contributed by atoms with van der Waals surface area (Å²) < 4.78 is 13.7. The Bertz CT molecular complexity index is 438. The highest BCUT2D eigenvalue weighted by Crippen LogP contribution is 2.29. The standard InChI is InChI=1S/C16H23FN2/c1-19(11-12-3-2-4-12)16-8-13(7-14(17)9-16)10-18-15-5-6-15/h7-9,12,15,18H,2-6,10-11H2,1H3. The molecule has 0 aliphatic heterocycles. The number of benzene rings is 1. The molecule has 0 amide bonds. The maximum Gasteiger partial charge on any atom is 0.125 e. The van der Waals surface area contributed by atoms with Crippen LogP contribution in [-0.2, 0) is 6.54 Å². The van der Waals surface area contributed by atoms with Crippen molar-refractivity contribution < 1.29 is 4.39 Å². The Labute approximate surface area is 115 Å². The maximum atomic E-state index is 13.7. The molecule has 2 nitrogen and oxygen atoms in total. The molecule has 19 heavy (non-hydrogen) atoms. The lowest BCUT2D eigenvalue weighted by Crippen LogP contribution is -2.29. The maximum absolute atomic E-state index is 13.7. The van der Waals surface area contributed by atoms with E-state index in [2.05, 4.69) is 23.3 Å². The van der Waals surface area contributed by atoms with Gasteiger partial charge in [-0.3, -0.25) is 0 Å². The first kappa shape index (κ1) is 12.9. The topological polar surface area (TPSA) is 15.3 Å². The Morgan fingerprint density at radius 1 is 1.21 bits per heavy atom. The Morgan fingerprint density at radius 2 is 2.00 bits per heavy atom. The average molecular weight is 262 g/mol. The van der Waals surface area contributed by atoms with E-state index in [9.17, 15) is 4.39 Å². The van der Waals surface area contributed by atoms with Gasteiger partial charge in [-0.1, -0.05) is 6.42 Å². The summed E-state index contributed by atoms with van der Waals surface area (Å²) in [6.45, 7) is 1.84. The minimum Gasteiger partial charge on any atom is -0.374 e. The quantitative estimate of drug-likeness (QED) is 0.846. The van der Waals surface area contributed by atoms with E-state index in [-0.39, 0.29) is 5.82 Å². The van der Waals surface area contributed by atoms with Gasteiger partial charge in [-0.2, -0.15) is 0 Å². The minimum absolute atomic E-state index is 0.120. The van der Waals surface area contributed by atoms with Crippen LogP contribution in [0.2, 0.25) is 0 Å². The van der Waals surface area contributed by atoms with Crippen LogP contribution >= 0.6 is 0 Å². The van der Waals surface area contributed by atoms with Gasteiger partial charge in [0.25, 0.3) is 0 Å². The molecule has 0 heterocycles. The van der Waals surface area contributed by atoms with Gasteiger partial charge in [0.1, 0.15) is 5.82 Å². The van der Waals surface area contributed by atoms with Gasteiger partial charge in [0, 0.05) is 31.9 Å². The molecule has 1 aromatic rings. The van der Waals surface area contributed by atoms with E-state index < -0.39 is 0 Å². The van der Waals surface area contributed by atoms with Gasteiger partial charge < -0.3 is 10.2 Å². The van der Waals surface area contributed by atoms with E-state index in [1.165, 1.54) is 32.1 Å². The zero-order valence-corrected chi connectivity index (χ0v) is 11.7. The third kappa shape index (κ3) is 3.47. The molecule has 2 fully saturated rings. The highest BCUT2D eigenvalue weighted by atomic mass is 19.1. The highest BCUT2D eigenvalue weighted by molar-refractivity contribution is 5.48. The number of halogens is 1. The van der Waals surface area contributed by atoms with Crippen molar-refractivity contribution in [3.05, 3.63) is 29.6 Å². The van der Waals surface area contributed by atoms with Crippen molar-refractivity contribution in [1.29, 1.82) is 0 Å². The lowest BCUT2D eigenvalue weighted by atomic mass is 9.85. The number of nitrogens with zero attached hydrogens (tertiary/aromatic N) is 1. The van der Waals surface area contributed by atoms with Crippen molar-refractivity contribution in [2.24, 2.45) is 5.92 Å². The minimum atomic E-state index is -0.120. The summed E-state index contributed by atoms with van der Waals surface area (Å²) in [5.41, 5.74) is 2.07. The van der Waals surface area contributed by atoms with Crippen LogP contribution in [0.5, 0.6) is 0 Å². The lowest BCUT2D eigenvalue weighted by molar-refractivity contribution is 0.321. The molecule has 0 spiro atoms. The van der Waals surface area contributed by atoms with Crippen molar-refractivity contribution in [1.82, 2.24) is 5.32 Å². The predicted octanol–water partition coefficient (Wildman–Crippen LogP) is 3.31. The van der Waals surface area contributed by atoms with Crippen LogP contribution in [-0.4, -0.2) is 19.6 Å². The summed E-state index contributed by atoms with van der Waals surface area (Å²) >= 11 is 0. The molecule has 0 bridgehead atoms. The van der Waals surface area contributed by atoms with Gasteiger partial charge in [0.05, 0.1) is 0 Å². The molecule has 3 rings (SSSR count). The first-order valence-corrected chi connectivity index (χ1v) is 7.45. The van der Waals surface area contributed by atoms with E-state index in [0.717, 1.165) is 30.3 Å². The van der Waals surface area contributed by atoms with Gasteiger partial charge >= 0.3 is 0 Å². The van der Waals surface area contributed by atoms with Crippen molar-refractivity contribution in [3.63, 3.8) is 0 Å². The van der Waals surface area contributed by atoms with Crippen LogP contribution in [0.1, 0.15) is 37.7 Å². The molecular formula is C16H23FN2. The number of nitrogens with one attached hydrogen (secondary N) is 1. The Kier molecular flexibility index (Phi) is 3.74. The smallest absolute Gasteiger partial charge is 0.125 e. The largest absolute Gasteiger partial charge is 0.374 e. The van der Waals surface area contributed by atoms with Gasteiger partial charge in [-0.05, 0) is 55.4 Å². The Hall–Kier alpha value is -1.09. The van der Waals surface area contributed by atoms with Gasteiger partial charge in [-0.15, -0.1) is 0 Å². The molecule has 104 valence electrons. The average Bonchev–Trinajstić information content (AvgIpc) is 3.14. The molecule has 2 aliphatic rings. The molecule has 2 aliphatic carbocycles. The summed E-state index contributed by atoms with van der Waals surface area (Å²) in [4.78, 5) is 2.20. The molecule has 0 saturated heterocycles. The van der Waals surface area contributed by atoms with Crippen molar-refractivity contribution >= 4 is 5.69 Å². The Morgan fingerprint density at radius 3 is 2.63 bits per heavy atom. The van der Waals surface area contributed by atoms with E-state index in [1.807, 2.05) is 0 Å². The molecule has 2 saturated carbocycles. The fraction of sp³-hybridized carbons (Fsp3) is 0.625. The second-order valence-corrected chi connectivity index (χ2v) is 6.15. The van der Waals surface area contributed by atoms with Gasteiger partial charge in [-0.25, -0.2) is 4.39 Å². The van der Waals surface area contributed by atoms with Crippen LogP contribution in [0.25, 0.3) is 0 Å². The van der Waals surface area contributed by atoms with Gasteiger partial charge in [0.15, 0.2) is 0 Å². The number of rotatable bonds is 6. The molecule has 0 radical (unpaired) electrons. The van der Waals surface area contributed by atoms with Crippen LogP contribution < -0.4 is 10.2 Å². The monoisotopic (exact) mass is 262 g/mol. The van der Waals surface area contributed by atoms with E-state index in [1.54, 1.807) is 12.1 Å². The second-order valence-electron chi connectivity index (χ2n) is 6.15. The van der Waals surface area contributed by atoms with Crippen LogP contribution in [0.4, 0.5) is 10.1 Å². The first-order valence-electron chi connectivity index (χ1n) is 7.45. The summed E-state index contributed by atoms with van der Waals surface area (Å²) in [6, 6.07) is 6.09. The second kappa shape index (κ2) is 5.49. The van der Waals surface area contributed by atoms with Crippen LogP contribution in [0.15, 0.2) is 18.2 Å². The zero-order chi connectivity index (χ0) is 13.2. The lowest BCUT2D eigenvalue weighted by Gasteiger charge is -2.31. The SMILES string of the molecule is CN(CC1CCC1)c1cc(F)cc(CNC2CC2)c1. The normalized spacial score (nSPS) is 19.3. The first-order chi connectivity index (χ1) is 9.20. The number of hydrogen-bond acceptors (Lipinski definition) is 2. The third-order valence-electron chi connectivity index (χ3n) is 4.31. The molecule has 0 unspecified atom stereocenters. The fourth-order valence-corrected chi connectivity index (χ4v) is 2.67. The molecule has 1 N–H and O–H groups in total.